The number of rotatable bonds is 0. The molecule has 0 radical (unpaired) electrons. The van der Waals surface area contributed by atoms with Gasteiger partial charge in [0, 0.05) is 5.41 Å². The number of hydrogen-bond donors (Lipinski definition) is 1. The molecule has 3 saturated carbocycles. The van der Waals surface area contributed by atoms with E-state index in [1.54, 1.807) is 0 Å². The fraction of sp³-hybridized carbons (Fsp3) is 1.00. The summed E-state index contributed by atoms with van der Waals surface area (Å²) in [4.78, 5) is 0. The summed E-state index contributed by atoms with van der Waals surface area (Å²) in [5, 5.41) is 10.8. The van der Waals surface area contributed by atoms with Crippen LogP contribution in [0.3, 0.4) is 0 Å². The minimum atomic E-state index is -0.571. The van der Waals surface area contributed by atoms with Gasteiger partial charge in [0.1, 0.15) is 6.10 Å². The van der Waals surface area contributed by atoms with Gasteiger partial charge >= 0.3 is 0 Å². The van der Waals surface area contributed by atoms with Crippen LogP contribution >= 0.6 is 0 Å². The summed E-state index contributed by atoms with van der Waals surface area (Å²) in [6, 6.07) is 0. The van der Waals surface area contributed by atoms with Crippen LogP contribution in [0.15, 0.2) is 0 Å². The van der Waals surface area contributed by atoms with E-state index in [4.69, 9.17) is 4.74 Å². The first-order chi connectivity index (χ1) is 7.77. The molecule has 0 aromatic carbocycles. The fourth-order valence-corrected chi connectivity index (χ4v) is 6.10. The van der Waals surface area contributed by atoms with Gasteiger partial charge in [-0.1, -0.05) is 27.2 Å². The van der Waals surface area contributed by atoms with Crippen molar-refractivity contribution < 1.29 is 9.84 Å². The van der Waals surface area contributed by atoms with Gasteiger partial charge in [0.25, 0.3) is 0 Å². The summed E-state index contributed by atoms with van der Waals surface area (Å²) >= 11 is 0. The Morgan fingerprint density at radius 2 is 1.76 bits per heavy atom. The lowest BCUT2D eigenvalue weighted by atomic mass is 9.48. The zero-order valence-corrected chi connectivity index (χ0v) is 11.4. The molecule has 0 unspecified atom stereocenters. The van der Waals surface area contributed by atoms with E-state index >= 15 is 0 Å². The van der Waals surface area contributed by atoms with Crippen LogP contribution < -0.4 is 0 Å². The summed E-state index contributed by atoms with van der Waals surface area (Å²) in [5.41, 5.74) is 0.468. The normalized spacial score (nSPS) is 66.5. The Hall–Kier alpha value is -0.0800. The van der Waals surface area contributed by atoms with E-state index in [0.717, 1.165) is 0 Å². The van der Waals surface area contributed by atoms with Crippen molar-refractivity contribution in [2.24, 2.45) is 22.2 Å². The van der Waals surface area contributed by atoms with Crippen LogP contribution in [0.2, 0.25) is 0 Å². The van der Waals surface area contributed by atoms with Crippen molar-refractivity contribution in [1.82, 2.24) is 0 Å². The van der Waals surface area contributed by atoms with Crippen molar-refractivity contribution in [1.29, 1.82) is 0 Å². The van der Waals surface area contributed by atoms with E-state index in [1.807, 2.05) is 6.92 Å². The van der Waals surface area contributed by atoms with Gasteiger partial charge in [0.15, 0.2) is 0 Å². The molecule has 17 heavy (non-hydrogen) atoms. The van der Waals surface area contributed by atoms with Crippen molar-refractivity contribution in [2.45, 2.75) is 71.2 Å². The Labute approximate surface area is 104 Å². The molecule has 3 aliphatic carbocycles. The Morgan fingerprint density at radius 3 is 2.47 bits per heavy atom. The second-order valence-electron chi connectivity index (χ2n) is 8.09. The van der Waals surface area contributed by atoms with Crippen molar-refractivity contribution in [3.05, 3.63) is 0 Å². The average molecular weight is 236 g/mol. The smallest absolute Gasteiger partial charge is 0.113 e. The highest BCUT2D eigenvalue weighted by molar-refractivity contribution is 5.34. The van der Waals surface area contributed by atoms with E-state index < -0.39 is 5.60 Å². The average Bonchev–Trinajstić information content (AvgIpc) is 3.06. The molecule has 1 saturated heterocycles. The standard InChI is InChI=1S/C15H24O2/c1-12(2)6-5-7-13(3)10-11(17-10)14(4,16)9-8-15(9,12)13/h9-11,16H,5-8H2,1-4H3/t9-,10+,11-,13-,14+,15-/m0/s1. The molecule has 1 N–H and O–H groups in total. The molecule has 1 heterocycles. The molecule has 0 aromatic heterocycles. The molecule has 2 heteroatoms. The monoisotopic (exact) mass is 236 g/mol. The molecular weight excluding hydrogens is 212 g/mol. The molecule has 4 fully saturated rings. The second-order valence-corrected chi connectivity index (χ2v) is 8.09. The first-order valence-corrected chi connectivity index (χ1v) is 7.15. The van der Waals surface area contributed by atoms with Crippen molar-refractivity contribution in [2.75, 3.05) is 0 Å². The molecule has 0 aromatic rings. The van der Waals surface area contributed by atoms with Gasteiger partial charge in [0.05, 0.1) is 11.7 Å². The van der Waals surface area contributed by atoms with E-state index in [0.29, 0.717) is 28.3 Å². The minimum Gasteiger partial charge on any atom is -0.387 e. The summed E-state index contributed by atoms with van der Waals surface area (Å²) in [6.07, 6.45) is 5.61. The number of ether oxygens (including phenoxy) is 1. The van der Waals surface area contributed by atoms with Crippen LogP contribution in [-0.4, -0.2) is 22.9 Å². The third-order valence-corrected chi connectivity index (χ3v) is 7.09. The second kappa shape index (κ2) is 2.46. The Morgan fingerprint density at radius 1 is 1.06 bits per heavy atom. The van der Waals surface area contributed by atoms with Crippen molar-refractivity contribution in [3.8, 4) is 0 Å². The lowest BCUT2D eigenvalue weighted by Crippen LogP contribution is -2.57. The molecule has 4 rings (SSSR count). The zero-order chi connectivity index (χ0) is 12.3. The van der Waals surface area contributed by atoms with E-state index in [-0.39, 0.29) is 6.10 Å². The lowest BCUT2D eigenvalue weighted by Gasteiger charge is -2.55. The zero-order valence-electron chi connectivity index (χ0n) is 11.4. The predicted molar refractivity (Wildman–Crippen MR) is 65.6 cm³/mol. The summed E-state index contributed by atoms with van der Waals surface area (Å²) in [6.45, 7) is 9.29. The van der Waals surface area contributed by atoms with Crippen molar-refractivity contribution in [3.63, 3.8) is 0 Å². The molecule has 1 spiro atoms. The van der Waals surface area contributed by atoms with Crippen LogP contribution in [0.1, 0.15) is 53.4 Å². The molecular formula is C15H24O2. The summed E-state index contributed by atoms with van der Waals surface area (Å²) in [5.74, 6) is 0.471. The third-order valence-electron chi connectivity index (χ3n) is 7.09. The summed E-state index contributed by atoms with van der Waals surface area (Å²) < 4.78 is 5.90. The van der Waals surface area contributed by atoms with Crippen LogP contribution in [0.4, 0.5) is 0 Å². The maximum Gasteiger partial charge on any atom is 0.113 e. The van der Waals surface area contributed by atoms with Gasteiger partial charge in [-0.25, -0.2) is 0 Å². The topological polar surface area (TPSA) is 32.8 Å². The quantitative estimate of drug-likeness (QED) is 0.656. The first kappa shape index (κ1) is 10.8. The largest absolute Gasteiger partial charge is 0.387 e. The number of hydrogen-bond acceptors (Lipinski definition) is 2. The number of aliphatic hydroxyl groups is 1. The van der Waals surface area contributed by atoms with Gasteiger partial charge in [0.2, 0.25) is 0 Å². The molecule has 0 amide bonds. The molecule has 6 atom stereocenters. The van der Waals surface area contributed by atoms with Gasteiger partial charge in [-0.05, 0) is 42.9 Å². The Bertz CT molecular complexity index is 400. The molecule has 2 nitrogen and oxygen atoms in total. The van der Waals surface area contributed by atoms with Crippen LogP contribution in [0.25, 0.3) is 0 Å². The number of epoxide rings is 1. The van der Waals surface area contributed by atoms with Crippen LogP contribution in [-0.2, 0) is 4.74 Å². The van der Waals surface area contributed by atoms with Crippen LogP contribution in [0, 0.1) is 22.2 Å². The van der Waals surface area contributed by atoms with Gasteiger partial charge in [-0.3, -0.25) is 0 Å². The highest BCUT2D eigenvalue weighted by atomic mass is 16.6. The Kier molecular flexibility index (Phi) is 1.57. The molecule has 96 valence electrons. The molecule has 4 aliphatic rings. The van der Waals surface area contributed by atoms with E-state index in [1.165, 1.54) is 25.7 Å². The Balaban J connectivity index is 1.86. The van der Waals surface area contributed by atoms with Gasteiger partial charge in [-0.2, -0.15) is 0 Å². The molecule has 1 aliphatic heterocycles. The highest BCUT2D eigenvalue weighted by Crippen LogP contribution is 2.84. The minimum absolute atomic E-state index is 0.127. The first-order valence-electron chi connectivity index (χ1n) is 7.15. The SMILES string of the molecule is CC1(C)CCC[C@@]2(C)[C@@H]3O[C@@H]3[C@](C)(O)[C@@H]3C[C@]312. The highest BCUT2D eigenvalue weighted by Gasteiger charge is 2.86. The lowest BCUT2D eigenvalue weighted by molar-refractivity contribution is -0.103. The maximum atomic E-state index is 10.8. The predicted octanol–water partition coefficient (Wildman–Crippen LogP) is 2.74. The van der Waals surface area contributed by atoms with Gasteiger partial charge in [-0.15, -0.1) is 0 Å². The maximum absolute atomic E-state index is 10.8. The van der Waals surface area contributed by atoms with E-state index in [9.17, 15) is 5.11 Å². The molecule has 0 bridgehead atoms. The van der Waals surface area contributed by atoms with Crippen LogP contribution in [0.5, 0.6) is 0 Å². The van der Waals surface area contributed by atoms with E-state index in [2.05, 4.69) is 20.8 Å². The third kappa shape index (κ3) is 0.889. The van der Waals surface area contributed by atoms with Gasteiger partial charge < -0.3 is 9.84 Å². The summed E-state index contributed by atoms with van der Waals surface area (Å²) in [7, 11) is 0. The van der Waals surface area contributed by atoms with Crippen molar-refractivity contribution >= 4 is 0 Å². The number of fused-ring (bicyclic) bond motifs is 2. The fourth-order valence-electron chi connectivity index (χ4n) is 6.10.